The lowest BCUT2D eigenvalue weighted by Crippen LogP contribution is -2.37. The maximum absolute atomic E-state index is 5.58. The van der Waals surface area contributed by atoms with Crippen LogP contribution in [0, 0.1) is 0 Å². The Morgan fingerprint density at radius 3 is 2.64 bits per heavy atom. The number of rotatable bonds is 5. The monoisotopic (exact) mass is 237 g/mol. The van der Waals surface area contributed by atoms with E-state index in [4.69, 9.17) is 27.9 Å². The van der Waals surface area contributed by atoms with Gasteiger partial charge in [0.15, 0.2) is 0 Å². The second-order valence-electron chi connectivity index (χ2n) is 3.42. The molecule has 1 saturated heterocycles. The minimum atomic E-state index is 0.407. The van der Waals surface area contributed by atoms with Crippen molar-refractivity contribution in [2.75, 3.05) is 32.1 Å². The Kier molecular flexibility index (Phi) is 6.61. The SMILES string of the molecule is Cl/C=C/CN1CCC(OCCCl)CC1. The summed E-state index contributed by atoms with van der Waals surface area (Å²) in [6.07, 6.45) is 4.59. The summed E-state index contributed by atoms with van der Waals surface area (Å²) in [6, 6.07) is 0. The van der Waals surface area contributed by atoms with Crippen LogP contribution in [0.1, 0.15) is 12.8 Å². The van der Waals surface area contributed by atoms with Gasteiger partial charge in [-0.2, -0.15) is 0 Å². The third-order valence-corrected chi connectivity index (χ3v) is 2.75. The number of piperidine rings is 1. The zero-order valence-corrected chi connectivity index (χ0v) is 9.81. The standard InChI is InChI=1S/C10H17Cl2NO/c11-4-1-6-13-7-2-10(3-8-13)14-9-5-12/h1,4,10H,2-3,5-9H2/b4-1+. The number of nitrogens with zero attached hydrogens (tertiary/aromatic N) is 1. The molecule has 0 aromatic rings. The van der Waals surface area contributed by atoms with Crippen molar-refractivity contribution in [2.24, 2.45) is 0 Å². The summed E-state index contributed by atoms with van der Waals surface area (Å²) in [5.41, 5.74) is 1.58. The second kappa shape index (κ2) is 7.52. The van der Waals surface area contributed by atoms with Crippen LogP contribution in [0.25, 0.3) is 0 Å². The topological polar surface area (TPSA) is 12.5 Å². The van der Waals surface area contributed by atoms with E-state index in [9.17, 15) is 0 Å². The maximum Gasteiger partial charge on any atom is 0.0605 e. The third kappa shape index (κ3) is 4.65. The first-order chi connectivity index (χ1) is 6.86. The van der Waals surface area contributed by atoms with Gasteiger partial charge in [-0.05, 0) is 12.8 Å². The third-order valence-electron chi connectivity index (χ3n) is 2.42. The number of hydrogen-bond acceptors (Lipinski definition) is 2. The van der Waals surface area contributed by atoms with E-state index in [2.05, 4.69) is 4.90 Å². The molecule has 1 heterocycles. The van der Waals surface area contributed by atoms with E-state index in [1.54, 1.807) is 5.54 Å². The highest BCUT2D eigenvalue weighted by atomic mass is 35.5. The molecule has 1 aliphatic heterocycles. The quantitative estimate of drug-likeness (QED) is 0.682. The zero-order chi connectivity index (χ0) is 10.2. The van der Waals surface area contributed by atoms with Crippen molar-refractivity contribution in [1.29, 1.82) is 0 Å². The lowest BCUT2D eigenvalue weighted by atomic mass is 10.1. The van der Waals surface area contributed by atoms with Crippen molar-refractivity contribution in [3.05, 3.63) is 11.6 Å². The summed E-state index contributed by atoms with van der Waals surface area (Å²) in [4.78, 5) is 2.37. The van der Waals surface area contributed by atoms with E-state index in [1.807, 2.05) is 6.08 Å². The fourth-order valence-electron chi connectivity index (χ4n) is 1.66. The van der Waals surface area contributed by atoms with Crippen LogP contribution in [-0.4, -0.2) is 43.1 Å². The van der Waals surface area contributed by atoms with Crippen LogP contribution in [0.15, 0.2) is 11.6 Å². The first-order valence-corrected chi connectivity index (χ1v) is 5.99. The predicted octanol–water partition coefficient (Wildman–Crippen LogP) is 2.46. The molecule has 0 radical (unpaired) electrons. The molecule has 0 atom stereocenters. The molecule has 0 unspecified atom stereocenters. The molecule has 0 aliphatic carbocycles. The largest absolute Gasteiger partial charge is 0.377 e. The fourth-order valence-corrected chi connectivity index (χ4v) is 1.83. The summed E-state index contributed by atoms with van der Waals surface area (Å²) < 4.78 is 5.58. The van der Waals surface area contributed by atoms with E-state index in [0.717, 1.165) is 32.5 Å². The summed E-state index contributed by atoms with van der Waals surface area (Å²) in [5, 5.41) is 0. The van der Waals surface area contributed by atoms with Crippen molar-refractivity contribution >= 4 is 23.2 Å². The molecule has 1 rings (SSSR count). The molecule has 0 N–H and O–H groups in total. The smallest absolute Gasteiger partial charge is 0.0605 e. The molecule has 0 bridgehead atoms. The number of ether oxygens (including phenoxy) is 1. The molecule has 14 heavy (non-hydrogen) atoms. The Balaban J connectivity index is 2.11. The minimum absolute atomic E-state index is 0.407. The van der Waals surface area contributed by atoms with Gasteiger partial charge in [-0.15, -0.1) is 11.6 Å². The van der Waals surface area contributed by atoms with Crippen LogP contribution in [0.5, 0.6) is 0 Å². The molecule has 1 aliphatic rings. The van der Waals surface area contributed by atoms with Gasteiger partial charge < -0.3 is 4.74 Å². The predicted molar refractivity (Wildman–Crippen MR) is 61.1 cm³/mol. The van der Waals surface area contributed by atoms with Crippen LogP contribution < -0.4 is 0 Å². The van der Waals surface area contributed by atoms with Crippen molar-refractivity contribution in [3.63, 3.8) is 0 Å². The lowest BCUT2D eigenvalue weighted by molar-refractivity contribution is 0.0177. The summed E-state index contributed by atoms with van der Waals surface area (Å²) >= 11 is 11.0. The van der Waals surface area contributed by atoms with Gasteiger partial charge in [0.2, 0.25) is 0 Å². The van der Waals surface area contributed by atoms with Crippen LogP contribution in [0.4, 0.5) is 0 Å². The van der Waals surface area contributed by atoms with Crippen molar-refractivity contribution in [1.82, 2.24) is 4.90 Å². The summed E-state index contributed by atoms with van der Waals surface area (Å²) in [5.74, 6) is 0.592. The van der Waals surface area contributed by atoms with Gasteiger partial charge in [-0.1, -0.05) is 17.7 Å². The molecule has 4 heteroatoms. The van der Waals surface area contributed by atoms with Crippen LogP contribution in [-0.2, 0) is 4.74 Å². The van der Waals surface area contributed by atoms with Gasteiger partial charge in [0.05, 0.1) is 12.7 Å². The van der Waals surface area contributed by atoms with Crippen LogP contribution in [0.2, 0.25) is 0 Å². The van der Waals surface area contributed by atoms with Crippen LogP contribution >= 0.6 is 23.2 Å². The number of likely N-dealkylation sites (tertiary alicyclic amines) is 1. The van der Waals surface area contributed by atoms with E-state index in [0.29, 0.717) is 18.6 Å². The Morgan fingerprint density at radius 1 is 1.36 bits per heavy atom. The lowest BCUT2D eigenvalue weighted by Gasteiger charge is -2.30. The second-order valence-corrected chi connectivity index (χ2v) is 4.05. The Morgan fingerprint density at radius 2 is 2.07 bits per heavy atom. The van der Waals surface area contributed by atoms with Gasteiger partial charge in [0.25, 0.3) is 0 Å². The first-order valence-electron chi connectivity index (χ1n) is 5.02. The fraction of sp³-hybridized carbons (Fsp3) is 0.800. The van der Waals surface area contributed by atoms with Crippen molar-refractivity contribution < 1.29 is 4.74 Å². The zero-order valence-electron chi connectivity index (χ0n) is 8.29. The normalized spacial score (nSPS) is 20.7. The molecule has 1 fully saturated rings. The molecule has 2 nitrogen and oxygen atoms in total. The van der Waals surface area contributed by atoms with E-state index in [1.165, 1.54) is 0 Å². The van der Waals surface area contributed by atoms with E-state index in [-0.39, 0.29) is 0 Å². The van der Waals surface area contributed by atoms with Gasteiger partial charge in [0.1, 0.15) is 0 Å². The number of alkyl halides is 1. The molecule has 0 aromatic carbocycles. The average Bonchev–Trinajstić information content (AvgIpc) is 2.25. The number of hydrogen-bond donors (Lipinski definition) is 0. The molecule has 0 saturated carbocycles. The first kappa shape index (κ1) is 12.3. The van der Waals surface area contributed by atoms with E-state index >= 15 is 0 Å². The molecule has 0 spiro atoms. The highest BCUT2D eigenvalue weighted by molar-refractivity contribution is 6.25. The van der Waals surface area contributed by atoms with Gasteiger partial charge in [-0.3, -0.25) is 4.90 Å². The highest BCUT2D eigenvalue weighted by Gasteiger charge is 2.18. The Bertz CT molecular complexity index is 168. The summed E-state index contributed by atoms with van der Waals surface area (Å²) in [7, 11) is 0. The average molecular weight is 238 g/mol. The molecule has 82 valence electrons. The van der Waals surface area contributed by atoms with Gasteiger partial charge in [-0.25, -0.2) is 0 Å². The molecule has 0 aromatic heterocycles. The maximum atomic E-state index is 5.58. The molecular formula is C10H17Cl2NO. The minimum Gasteiger partial charge on any atom is -0.377 e. The van der Waals surface area contributed by atoms with Gasteiger partial charge in [0, 0.05) is 31.0 Å². The Hall–Kier alpha value is 0.240. The highest BCUT2D eigenvalue weighted by Crippen LogP contribution is 2.13. The van der Waals surface area contributed by atoms with Crippen LogP contribution in [0.3, 0.4) is 0 Å². The van der Waals surface area contributed by atoms with E-state index < -0.39 is 0 Å². The van der Waals surface area contributed by atoms with Gasteiger partial charge >= 0.3 is 0 Å². The number of halogens is 2. The van der Waals surface area contributed by atoms with Crippen molar-refractivity contribution in [2.45, 2.75) is 18.9 Å². The Labute approximate surface area is 95.8 Å². The molecular weight excluding hydrogens is 221 g/mol. The van der Waals surface area contributed by atoms with Crippen molar-refractivity contribution in [3.8, 4) is 0 Å². The molecule has 0 amide bonds. The summed E-state index contributed by atoms with van der Waals surface area (Å²) in [6.45, 7) is 3.81.